The minimum absolute atomic E-state index is 0.282. The van der Waals surface area contributed by atoms with E-state index in [1.54, 1.807) is 17.4 Å². The average molecular weight is 336 g/mol. The Kier molecular flexibility index (Phi) is 3.39. The van der Waals surface area contributed by atoms with Gasteiger partial charge in [-0.3, -0.25) is 0 Å². The van der Waals surface area contributed by atoms with Crippen LogP contribution in [0.15, 0.2) is 52.3 Å². The van der Waals surface area contributed by atoms with Crippen LogP contribution in [0.4, 0.5) is 4.39 Å². The molecule has 0 saturated heterocycles. The fraction of sp³-hybridized carbons (Fsp3) is 0.0667. The van der Waals surface area contributed by atoms with Crippen LogP contribution in [-0.2, 0) is 0 Å². The third kappa shape index (κ3) is 2.20. The number of nitrogens with two attached hydrogens (primary N) is 1. The van der Waals surface area contributed by atoms with Gasteiger partial charge in [-0.1, -0.05) is 40.2 Å². The minimum Gasteiger partial charge on any atom is -0.320 e. The van der Waals surface area contributed by atoms with Gasteiger partial charge in [0.2, 0.25) is 0 Å². The van der Waals surface area contributed by atoms with Gasteiger partial charge in [0.1, 0.15) is 5.82 Å². The molecule has 0 aliphatic heterocycles. The van der Waals surface area contributed by atoms with Gasteiger partial charge in [-0.05, 0) is 34.5 Å². The number of hydrogen-bond acceptors (Lipinski definition) is 2. The number of thiophene rings is 1. The SMILES string of the molecule is NC(c1c(F)cccc1Br)c1cccc2ccsc12. The number of benzene rings is 2. The predicted molar refractivity (Wildman–Crippen MR) is 82.0 cm³/mol. The first-order valence-corrected chi connectivity index (χ1v) is 7.51. The second-order valence-corrected chi connectivity index (χ2v) is 6.07. The highest BCUT2D eigenvalue weighted by molar-refractivity contribution is 9.10. The van der Waals surface area contributed by atoms with Crippen molar-refractivity contribution in [1.29, 1.82) is 0 Å². The Bertz CT molecular complexity index is 718. The van der Waals surface area contributed by atoms with E-state index in [-0.39, 0.29) is 5.82 Å². The summed E-state index contributed by atoms with van der Waals surface area (Å²) in [4.78, 5) is 0. The summed E-state index contributed by atoms with van der Waals surface area (Å²) in [5, 5.41) is 3.17. The molecule has 0 bridgehead atoms. The maximum Gasteiger partial charge on any atom is 0.129 e. The Morgan fingerprint density at radius 3 is 2.68 bits per heavy atom. The fourth-order valence-electron chi connectivity index (χ4n) is 2.22. The van der Waals surface area contributed by atoms with Crippen molar-refractivity contribution in [2.75, 3.05) is 0 Å². The Labute approximate surface area is 123 Å². The summed E-state index contributed by atoms with van der Waals surface area (Å²) in [5.41, 5.74) is 7.74. The molecule has 0 aliphatic carbocycles. The van der Waals surface area contributed by atoms with Crippen LogP contribution in [0.25, 0.3) is 10.1 Å². The minimum atomic E-state index is -0.474. The molecule has 3 rings (SSSR count). The van der Waals surface area contributed by atoms with Crippen molar-refractivity contribution in [3.63, 3.8) is 0 Å². The molecule has 0 fully saturated rings. The van der Waals surface area contributed by atoms with Gasteiger partial charge in [0.25, 0.3) is 0 Å². The topological polar surface area (TPSA) is 26.0 Å². The number of fused-ring (bicyclic) bond motifs is 1. The summed E-state index contributed by atoms with van der Waals surface area (Å²) in [5.74, 6) is -0.282. The number of rotatable bonds is 2. The van der Waals surface area contributed by atoms with Gasteiger partial charge in [0.05, 0.1) is 6.04 Å². The Morgan fingerprint density at radius 2 is 1.89 bits per heavy atom. The molecular formula is C15H11BrFNS. The molecule has 19 heavy (non-hydrogen) atoms. The Balaban J connectivity index is 2.19. The fourth-order valence-corrected chi connectivity index (χ4v) is 3.77. The van der Waals surface area contributed by atoms with E-state index < -0.39 is 6.04 Å². The zero-order valence-electron chi connectivity index (χ0n) is 9.94. The van der Waals surface area contributed by atoms with E-state index in [4.69, 9.17) is 5.73 Å². The molecule has 1 atom stereocenters. The van der Waals surface area contributed by atoms with Crippen molar-refractivity contribution < 1.29 is 4.39 Å². The lowest BCUT2D eigenvalue weighted by Crippen LogP contribution is -2.14. The van der Waals surface area contributed by atoms with Crippen LogP contribution >= 0.6 is 27.3 Å². The highest BCUT2D eigenvalue weighted by atomic mass is 79.9. The molecule has 1 heterocycles. The van der Waals surface area contributed by atoms with Gasteiger partial charge < -0.3 is 5.73 Å². The van der Waals surface area contributed by atoms with Crippen molar-refractivity contribution in [3.8, 4) is 0 Å². The molecule has 3 aromatic rings. The third-order valence-electron chi connectivity index (χ3n) is 3.16. The van der Waals surface area contributed by atoms with Crippen LogP contribution in [0.5, 0.6) is 0 Å². The summed E-state index contributed by atoms with van der Waals surface area (Å²) in [6.45, 7) is 0. The molecule has 1 nitrogen and oxygen atoms in total. The van der Waals surface area contributed by atoms with Gasteiger partial charge >= 0.3 is 0 Å². The summed E-state index contributed by atoms with van der Waals surface area (Å²) in [6.07, 6.45) is 0. The molecule has 2 N–H and O–H groups in total. The molecular weight excluding hydrogens is 325 g/mol. The second kappa shape index (κ2) is 5.04. The monoisotopic (exact) mass is 335 g/mol. The quantitative estimate of drug-likeness (QED) is 0.711. The first kappa shape index (κ1) is 12.8. The van der Waals surface area contributed by atoms with Gasteiger partial charge in [0.15, 0.2) is 0 Å². The zero-order valence-corrected chi connectivity index (χ0v) is 12.3. The highest BCUT2D eigenvalue weighted by Gasteiger charge is 2.19. The molecule has 0 aliphatic rings. The highest BCUT2D eigenvalue weighted by Crippen LogP contribution is 2.34. The van der Waals surface area contributed by atoms with E-state index in [9.17, 15) is 4.39 Å². The van der Waals surface area contributed by atoms with Crippen LogP contribution in [0, 0.1) is 5.82 Å². The number of halogens is 2. The van der Waals surface area contributed by atoms with E-state index in [1.165, 1.54) is 6.07 Å². The standard InChI is InChI=1S/C15H11BrFNS/c16-11-5-2-6-12(17)13(11)14(18)10-4-1-3-9-7-8-19-15(9)10/h1-8,14H,18H2. The molecule has 2 aromatic carbocycles. The largest absolute Gasteiger partial charge is 0.320 e. The Hall–Kier alpha value is -1.23. The summed E-state index contributed by atoms with van der Waals surface area (Å²) in [7, 11) is 0. The van der Waals surface area contributed by atoms with Gasteiger partial charge in [-0.2, -0.15) is 0 Å². The van der Waals surface area contributed by atoms with E-state index in [2.05, 4.69) is 15.9 Å². The van der Waals surface area contributed by atoms with Gasteiger partial charge in [-0.25, -0.2) is 4.39 Å². The van der Waals surface area contributed by atoms with Crippen LogP contribution in [-0.4, -0.2) is 0 Å². The third-order valence-corrected chi connectivity index (χ3v) is 4.83. The average Bonchev–Trinajstić information content (AvgIpc) is 2.86. The zero-order chi connectivity index (χ0) is 13.4. The lowest BCUT2D eigenvalue weighted by atomic mass is 9.98. The van der Waals surface area contributed by atoms with E-state index >= 15 is 0 Å². The van der Waals surface area contributed by atoms with E-state index in [1.807, 2.05) is 35.7 Å². The normalized spacial score (nSPS) is 12.8. The first-order chi connectivity index (χ1) is 9.18. The van der Waals surface area contributed by atoms with Gasteiger partial charge in [-0.15, -0.1) is 11.3 Å². The maximum absolute atomic E-state index is 14.0. The smallest absolute Gasteiger partial charge is 0.129 e. The molecule has 1 aromatic heterocycles. The van der Waals surface area contributed by atoms with Crippen molar-refractivity contribution in [3.05, 3.63) is 69.3 Å². The summed E-state index contributed by atoms with van der Waals surface area (Å²) in [6, 6.07) is 12.5. The van der Waals surface area contributed by atoms with Crippen molar-refractivity contribution in [1.82, 2.24) is 0 Å². The molecule has 0 saturated carbocycles. The molecule has 0 amide bonds. The molecule has 96 valence electrons. The molecule has 1 unspecified atom stereocenters. The van der Waals surface area contributed by atoms with Crippen molar-refractivity contribution in [2.24, 2.45) is 5.73 Å². The Morgan fingerprint density at radius 1 is 1.11 bits per heavy atom. The second-order valence-electron chi connectivity index (χ2n) is 4.30. The van der Waals surface area contributed by atoms with Crippen molar-refractivity contribution >= 4 is 37.4 Å². The van der Waals surface area contributed by atoms with Crippen LogP contribution in [0.1, 0.15) is 17.2 Å². The van der Waals surface area contributed by atoms with E-state index in [0.717, 1.165) is 15.6 Å². The number of hydrogen-bond donors (Lipinski definition) is 1. The first-order valence-electron chi connectivity index (χ1n) is 5.84. The van der Waals surface area contributed by atoms with Crippen molar-refractivity contribution in [2.45, 2.75) is 6.04 Å². The lowest BCUT2D eigenvalue weighted by Gasteiger charge is -2.16. The van der Waals surface area contributed by atoms with Gasteiger partial charge in [0, 0.05) is 14.7 Å². The summed E-state index contributed by atoms with van der Waals surface area (Å²) >= 11 is 5.01. The van der Waals surface area contributed by atoms with Crippen LogP contribution in [0.3, 0.4) is 0 Å². The summed E-state index contributed by atoms with van der Waals surface area (Å²) < 4.78 is 15.8. The maximum atomic E-state index is 14.0. The van der Waals surface area contributed by atoms with Crippen LogP contribution in [0.2, 0.25) is 0 Å². The molecule has 4 heteroatoms. The molecule has 0 spiro atoms. The molecule has 0 radical (unpaired) electrons. The predicted octanol–water partition coefficient (Wildman–Crippen LogP) is 4.85. The van der Waals surface area contributed by atoms with Crippen LogP contribution < -0.4 is 5.73 Å². The lowest BCUT2D eigenvalue weighted by molar-refractivity contribution is 0.598. The van der Waals surface area contributed by atoms with E-state index in [0.29, 0.717) is 10.0 Å².